The first-order chi connectivity index (χ1) is 18.8. The molecule has 7 nitrogen and oxygen atoms in total. The molecular weight excluding hydrogens is 492 g/mol. The number of ether oxygens (including phenoxy) is 1. The fraction of sp³-hybridized carbons (Fsp3) is 0.375. The molecule has 1 N–H and O–H groups in total. The number of carbonyl (C=O) groups excluding carboxylic acids is 2. The molecule has 0 bridgehead atoms. The van der Waals surface area contributed by atoms with Crippen molar-refractivity contribution >= 4 is 17.4 Å². The predicted octanol–water partition coefficient (Wildman–Crippen LogP) is 5.81. The molecule has 3 aromatic rings. The lowest BCUT2D eigenvalue weighted by atomic mass is 9.92. The number of methoxy groups -OCH3 is 1. The lowest BCUT2D eigenvalue weighted by Crippen LogP contribution is -2.46. The van der Waals surface area contributed by atoms with Gasteiger partial charge in [-0.15, -0.1) is 0 Å². The van der Waals surface area contributed by atoms with E-state index in [1.165, 1.54) is 11.8 Å². The number of nitrogens with zero attached hydrogens (tertiary/aromatic N) is 2. The molecule has 0 saturated carbocycles. The third-order valence-electron chi connectivity index (χ3n) is 7.95. The first-order valence-electron chi connectivity index (χ1n) is 13.6. The molecular formula is C32H36N2O5. The van der Waals surface area contributed by atoms with E-state index in [9.17, 15) is 14.7 Å². The van der Waals surface area contributed by atoms with Gasteiger partial charge in [-0.3, -0.25) is 14.5 Å². The van der Waals surface area contributed by atoms with E-state index in [4.69, 9.17) is 9.15 Å². The summed E-state index contributed by atoms with van der Waals surface area (Å²) in [6.45, 7) is 8.42. The average molecular weight is 529 g/mol. The van der Waals surface area contributed by atoms with Gasteiger partial charge in [0.25, 0.3) is 11.7 Å². The van der Waals surface area contributed by atoms with Crippen molar-refractivity contribution in [3.8, 4) is 5.75 Å². The molecule has 204 valence electrons. The Morgan fingerprint density at radius 3 is 2.41 bits per heavy atom. The summed E-state index contributed by atoms with van der Waals surface area (Å²) >= 11 is 0. The van der Waals surface area contributed by atoms with Gasteiger partial charge >= 0.3 is 0 Å². The smallest absolute Gasteiger partial charge is 0.296 e. The standard InChI is InChI=1S/C32H36N2O5/c1-20(2)24-18-25(21(3)17-27(24)38-4)30(35)28-29(26-11-8-16-39-26)34(32(37)31(28)36)23-12-14-33(15-13-23)19-22-9-6-5-7-10-22/h5-11,16-18,20,23,29,35H,12-15,19H2,1-4H3/b30-28+. The zero-order valence-electron chi connectivity index (χ0n) is 23.0. The second kappa shape index (κ2) is 11.1. The molecule has 2 aliphatic heterocycles. The van der Waals surface area contributed by atoms with E-state index in [0.29, 0.717) is 11.3 Å². The van der Waals surface area contributed by atoms with E-state index in [2.05, 4.69) is 17.0 Å². The third-order valence-corrected chi connectivity index (χ3v) is 7.95. The molecule has 2 aromatic carbocycles. The number of furan rings is 1. The average Bonchev–Trinajstić information content (AvgIpc) is 3.56. The summed E-state index contributed by atoms with van der Waals surface area (Å²) < 4.78 is 11.3. The Bertz CT molecular complexity index is 1370. The molecule has 2 fully saturated rings. The minimum absolute atomic E-state index is 0.0737. The Hall–Kier alpha value is -3.84. The van der Waals surface area contributed by atoms with Gasteiger partial charge in [-0.25, -0.2) is 0 Å². The summed E-state index contributed by atoms with van der Waals surface area (Å²) in [7, 11) is 1.62. The van der Waals surface area contributed by atoms with Crippen LogP contribution in [0.2, 0.25) is 0 Å². The van der Waals surface area contributed by atoms with Gasteiger partial charge in [-0.05, 0) is 66.6 Å². The molecule has 0 radical (unpaired) electrons. The number of amides is 1. The van der Waals surface area contributed by atoms with E-state index in [1.54, 1.807) is 24.1 Å². The second-order valence-electron chi connectivity index (χ2n) is 10.8. The molecule has 1 amide bonds. The van der Waals surface area contributed by atoms with Crippen molar-refractivity contribution in [3.05, 3.63) is 94.4 Å². The monoisotopic (exact) mass is 528 g/mol. The number of hydrogen-bond donors (Lipinski definition) is 1. The maximum Gasteiger partial charge on any atom is 0.296 e. The van der Waals surface area contributed by atoms with Gasteiger partial charge in [0.15, 0.2) is 0 Å². The SMILES string of the molecule is COc1cc(C)c(/C(O)=C2\C(=O)C(=O)N(C3CCN(Cc4ccccc4)CC3)C2c2ccco2)cc1C(C)C. The number of benzene rings is 2. The molecule has 5 rings (SSSR count). The lowest BCUT2D eigenvalue weighted by molar-refractivity contribution is -0.142. The zero-order valence-corrected chi connectivity index (χ0v) is 23.0. The third kappa shape index (κ3) is 5.11. The van der Waals surface area contributed by atoms with E-state index in [1.807, 2.05) is 51.1 Å². The van der Waals surface area contributed by atoms with E-state index >= 15 is 0 Å². The highest BCUT2D eigenvalue weighted by Crippen LogP contribution is 2.43. The summed E-state index contributed by atoms with van der Waals surface area (Å²) in [5.74, 6) is -0.115. The molecule has 1 atom stereocenters. The van der Waals surface area contributed by atoms with Crippen LogP contribution in [0.25, 0.3) is 5.76 Å². The van der Waals surface area contributed by atoms with Crippen molar-refractivity contribution in [1.82, 2.24) is 9.80 Å². The number of likely N-dealkylation sites (tertiary alicyclic amines) is 2. The number of carbonyl (C=O) groups is 2. The molecule has 3 heterocycles. The van der Waals surface area contributed by atoms with Gasteiger partial charge in [-0.2, -0.15) is 0 Å². The molecule has 0 aliphatic carbocycles. The largest absolute Gasteiger partial charge is 0.507 e. The van der Waals surface area contributed by atoms with Gasteiger partial charge in [0.05, 0.1) is 18.9 Å². The van der Waals surface area contributed by atoms with Crippen LogP contribution in [0.1, 0.15) is 66.7 Å². The summed E-state index contributed by atoms with van der Waals surface area (Å²) in [4.78, 5) is 31.1. The van der Waals surface area contributed by atoms with Crippen LogP contribution in [-0.2, 0) is 16.1 Å². The summed E-state index contributed by atoms with van der Waals surface area (Å²) in [6.07, 6.45) is 3.00. The van der Waals surface area contributed by atoms with E-state index in [-0.39, 0.29) is 23.3 Å². The maximum absolute atomic E-state index is 13.6. The predicted molar refractivity (Wildman–Crippen MR) is 149 cm³/mol. The zero-order chi connectivity index (χ0) is 27.7. The van der Waals surface area contributed by atoms with Gasteiger partial charge in [0.2, 0.25) is 0 Å². The van der Waals surface area contributed by atoms with Crippen LogP contribution in [0, 0.1) is 6.92 Å². The Morgan fingerprint density at radius 1 is 1.08 bits per heavy atom. The van der Waals surface area contributed by atoms with Crippen molar-refractivity contribution < 1.29 is 23.8 Å². The summed E-state index contributed by atoms with van der Waals surface area (Å²) in [5, 5.41) is 11.6. The number of rotatable bonds is 7. The fourth-order valence-corrected chi connectivity index (χ4v) is 5.88. The number of aliphatic hydroxyl groups excluding tert-OH is 1. The molecule has 39 heavy (non-hydrogen) atoms. The maximum atomic E-state index is 13.6. The highest BCUT2D eigenvalue weighted by atomic mass is 16.5. The van der Waals surface area contributed by atoms with E-state index in [0.717, 1.165) is 49.4 Å². The number of aryl methyl sites for hydroxylation is 1. The first kappa shape index (κ1) is 26.8. The highest BCUT2D eigenvalue weighted by molar-refractivity contribution is 6.46. The quantitative estimate of drug-likeness (QED) is 0.237. The van der Waals surface area contributed by atoms with Crippen molar-refractivity contribution in [1.29, 1.82) is 0 Å². The van der Waals surface area contributed by atoms with Gasteiger partial charge in [0.1, 0.15) is 23.3 Å². The summed E-state index contributed by atoms with van der Waals surface area (Å²) in [5.41, 5.74) is 3.52. The van der Waals surface area contributed by atoms with Crippen LogP contribution in [0.5, 0.6) is 5.75 Å². The van der Waals surface area contributed by atoms with Crippen molar-refractivity contribution in [2.24, 2.45) is 0 Å². The number of ketones is 1. The van der Waals surface area contributed by atoms with Gasteiger partial charge in [0, 0.05) is 31.2 Å². The van der Waals surface area contributed by atoms with Crippen LogP contribution in [0.3, 0.4) is 0 Å². The minimum Gasteiger partial charge on any atom is -0.507 e. The molecule has 0 spiro atoms. The van der Waals surface area contributed by atoms with Gasteiger partial charge < -0.3 is 19.2 Å². The van der Waals surface area contributed by atoms with Crippen molar-refractivity contribution in [2.75, 3.05) is 20.2 Å². The Kier molecular flexibility index (Phi) is 7.62. The van der Waals surface area contributed by atoms with Crippen LogP contribution < -0.4 is 4.74 Å². The topological polar surface area (TPSA) is 83.2 Å². The normalized spacial score (nSPS) is 20.2. The molecule has 1 aromatic heterocycles. The Labute approximate surface area is 229 Å². The number of piperidine rings is 1. The van der Waals surface area contributed by atoms with Gasteiger partial charge in [-0.1, -0.05) is 44.2 Å². The van der Waals surface area contributed by atoms with E-state index < -0.39 is 17.7 Å². The first-order valence-corrected chi connectivity index (χ1v) is 13.6. The van der Waals surface area contributed by atoms with Crippen molar-refractivity contribution in [2.45, 2.75) is 58.2 Å². The molecule has 7 heteroatoms. The summed E-state index contributed by atoms with van der Waals surface area (Å²) in [6, 6.07) is 16.6. The second-order valence-corrected chi connectivity index (χ2v) is 10.8. The van der Waals surface area contributed by atoms with Crippen molar-refractivity contribution in [3.63, 3.8) is 0 Å². The number of Topliss-reactive ketones (excluding diaryl/α,β-unsaturated/α-hetero) is 1. The van der Waals surface area contributed by atoms with Crippen LogP contribution >= 0.6 is 0 Å². The lowest BCUT2D eigenvalue weighted by Gasteiger charge is -2.38. The molecule has 2 aliphatic rings. The number of hydrogen-bond acceptors (Lipinski definition) is 6. The van der Waals surface area contributed by atoms with Crippen LogP contribution in [0.15, 0.2) is 70.9 Å². The molecule has 2 saturated heterocycles. The number of aliphatic hydroxyl groups is 1. The van der Waals surface area contributed by atoms with Crippen LogP contribution in [0.4, 0.5) is 0 Å². The highest BCUT2D eigenvalue weighted by Gasteiger charge is 2.50. The fourth-order valence-electron chi connectivity index (χ4n) is 5.88. The van der Waals surface area contributed by atoms with Crippen LogP contribution in [-0.4, -0.2) is 52.8 Å². The Morgan fingerprint density at radius 2 is 1.79 bits per heavy atom. The molecule has 1 unspecified atom stereocenters. The minimum atomic E-state index is -0.783. The Balaban J connectivity index is 1.49.